The molecule has 3 heteroatoms. The fourth-order valence-electron chi connectivity index (χ4n) is 0.983. The molecule has 12 heavy (non-hydrogen) atoms. The van der Waals surface area contributed by atoms with Crippen molar-refractivity contribution in [2.45, 2.75) is 40.2 Å². The average Bonchev–Trinajstić information content (AvgIpc) is 2.30. The van der Waals surface area contributed by atoms with Crippen LogP contribution in [0.15, 0.2) is 11.9 Å². The lowest BCUT2D eigenvalue weighted by molar-refractivity contribution is 0.137. The SMILES string of the molecule is CC(C)C1=CN(C(C)(C)C)NN1. The van der Waals surface area contributed by atoms with Gasteiger partial charge in [-0.25, -0.2) is 0 Å². The summed E-state index contributed by atoms with van der Waals surface area (Å²) >= 11 is 0. The highest BCUT2D eigenvalue weighted by Crippen LogP contribution is 2.17. The Morgan fingerprint density at radius 3 is 2.17 bits per heavy atom. The molecule has 0 spiro atoms. The highest BCUT2D eigenvalue weighted by atomic mass is 15.7. The zero-order valence-electron chi connectivity index (χ0n) is 8.60. The van der Waals surface area contributed by atoms with E-state index < -0.39 is 0 Å². The van der Waals surface area contributed by atoms with Crippen LogP contribution >= 0.6 is 0 Å². The molecule has 0 bridgehead atoms. The molecule has 3 nitrogen and oxygen atoms in total. The van der Waals surface area contributed by atoms with Crippen LogP contribution in [0.5, 0.6) is 0 Å². The normalized spacial score (nSPS) is 18.2. The number of rotatable bonds is 1. The molecule has 0 amide bonds. The predicted octanol–water partition coefficient (Wildman–Crippen LogP) is 1.61. The first kappa shape index (κ1) is 9.39. The molecule has 0 aromatic rings. The quantitative estimate of drug-likeness (QED) is 0.624. The first-order chi connectivity index (χ1) is 5.41. The van der Waals surface area contributed by atoms with Gasteiger partial charge in [-0.2, -0.15) is 0 Å². The van der Waals surface area contributed by atoms with Crippen LogP contribution < -0.4 is 11.0 Å². The maximum absolute atomic E-state index is 3.15. The third-order valence-corrected chi connectivity index (χ3v) is 1.93. The Labute approximate surface area is 74.8 Å². The number of nitrogens with zero attached hydrogens (tertiary/aromatic N) is 1. The summed E-state index contributed by atoms with van der Waals surface area (Å²) in [5.41, 5.74) is 7.64. The Morgan fingerprint density at radius 1 is 1.33 bits per heavy atom. The van der Waals surface area contributed by atoms with Crippen LogP contribution in [0.3, 0.4) is 0 Å². The molecule has 0 aliphatic carbocycles. The standard InChI is InChI=1S/C9H19N3/c1-7(2)8-6-12(11-10-8)9(3,4)5/h6-7,10-11H,1-5H3. The Balaban J connectivity index is 2.65. The van der Waals surface area contributed by atoms with Crippen molar-refractivity contribution in [3.8, 4) is 0 Å². The van der Waals surface area contributed by atoms with Crippen LogP contribution in [0.1, 0.15) is 34.6 Å². The van der Waals surface area contributed by atoms with Gasteiger partial charge in [0.25, 0.3) is 0 Å². The number of allylic oxidation sites excluding steroid dienone is 1. The van der Waals surface area contributed by atoms with Crippen LogP contribution in [0, 0.1) is 5.92 Å². The lowest BCUT2D eigenvalue weighted by Crippen LogP contribution is -2.47. The molecule has 1 heterocycles. The van der Waals surface area contributed by atoms with E-state index in [1.54, 1.807) is 0 Å². The molecule has 1 rings (SSSR count). The predicted molar refractivity (Wildman–Crippen MR) is 50.8 cm³/mol. The molecular weight excluding hydrogens is 150 g/mol. The van der Waals surface area contributed by atoms with E-state index in [2.05, 4.69) is 56.8 Å². The van der Waals surface area contributed by atoms with Gasteiger partial charge < -0.3 is 5.43 Å². The maximum atomic E-state index is 3.15. The molecule has 0 fully saturated rings. The van der Waals surface area contributed by atoms with Crippen LogP contribution in [-0.4, -0.2) is 10.5 Å². The Bertz CT molecular complexity index is 188. The molecule has 1 aliphatic heterocycles. The van der Waals surface area contributed by atoms with Gasteiger partial charge in [0.05, 0.1) is 0 Å². The summed E-state index contributed by atoms with van der Waals surface area (Å²) in [5.74, 6) is 0.546. The number of hydrogen-bond acceptors (Lipinski definition) is 3. The van der Waals surface area contributed by atoms with Crippen LogP contribution in [-0.2, 0) is 0 Å². The zero-order valence-corrected chi connectivity index (χ0v) is 8.60. The van der Waals surface area contributed by atoms with E-state index in [0.29, 0.717) is 5.92 Å². The number of hydrazine groups is 2. The van der Waals surface area contributed by atoms with Gasteiger partial charge in [-0.15, -0.1) is 5.53 Å². The molecule has 0 radical (unpaired) electrons. The first-order valence-electron chi connectivity index (χ1n) is 4.44. The summed E-state index contributed by atoms with van der Waals surface area (Å²) < 4.78 is 0. The lowest BCUT2D eigenvalue weighted by Gasteiger charge is -2.30. The van der Waals surface area contributed by atoms with Crippen molar-refractivity contribution in [1.82, 2.24) is 16.0 Å². The average molecular weight is 169 g/mol. The molecule has 2 N–H and O–H groups in total. The minimum atomic E-state index is 0.129. The topological polar surface area (TPSA) is 27.3 Å². The van der Waals surface area contributed by atoms with Crippen molar-refractivity contribution in [3.63, 3.8) is 0 Å². The second-order valence-corrected chi connectivity index (χ2v) is 4.52. The maximum Gasteiger partial charge on any atom is 0.0491 e. The van der Waals surface area contributed by atoms with Crippen molar-refractivity contribution in [3.05, 3.63) is 11.9 Å². The van der Waals surface area contributed by atoms with Gasteiger partial charge >= 0.3 is 0 Å². The Hall–Kier alpha value is -0.700. The number of hydrogen-bond donors (Lipinski definition) is 2. The molecule has 0 saturated heterocycles. The fourth-order valence-corrected chi connectivity index (χ4v) is 0.983. The van der Waals surface area contributed by atoms with Gasteiger partial charge in [0, 0.05) is 17.4 Å². The molecule has 0 aromatic heterocycles. The van der Waals surface area contributed by atoms with Gasteiger partial charge in [-0.05, 0) is 26.7 Å². The van der Waals surface area contributed by atoms with E-state index >= 15 is 0 Å². The van der Waals surface area contributed by atoms with Gasteiger partial charge in [0.1, 0.15) is 0 Å². The van der Waals surface area contributed by atoms with E-state index in [-0.39, 0.29) is 5.54 Å². The highest BCUT2D eigenvalue weighted by molar-refractivity contribution is 5.06. The van der Waals surface area contributed by atoms with Crippen molar-refractivity contribution >= 4 is 0 Å². The summed E-state index contributed by atoms with van der Waals surface area (Å²) in [6.07, 6.45) is 2.13. The highest BCUT2D eigenvalue weighted by Gasteiger charge is 2.23. The van der Waals surface area contributed by atoms with Crippen molar-refractivity contribution < 1.29 is 0 Å². The van der Waals surface area contributed by atoms with E-state index in [1.807, 2.05) is 0 Å². The van der Waals surface area contributed by atoms with Crippen LogP contribution in [0.25, 0.3) is 0 Å². The molecule has 0 saturated carbocycles. The van der Waals surface area contributed by atoms with E-state index in [0.717, 1.165) is 0 Å². The van der Waals surface area contributed by atoms with Crippen molar-refractivity contribution in [2.24, 2.45) is 5.92 Å². The zero-order chi connectivity index (χ0) is 9.35. The van der Waals surface area contributed by atoms with Gasteiger partial charge in [-0.3, -0.25) is 5.01 Å². The van der Waals surface area contributed by atoms with Crippen molar-refractivity contribution in [1.29, 1.82) is 0 Å². The monoisotopic (exact) mass is 169 g/mol. The first-order valence-corrected chi connectivity index (χ1v) is 4.44. The minimum Gasteiger partial charge on any atom is -0.306 e. The molecule has 0 aromatic carbocycles. The fraction of sp³-hybridized carbons (Fsp3) is 0.778. The Morgan fingerprint density at radius 2 is 1.92 bits per heavy atom. The molecule has 70 valence electrons. The molecular formula is C9H19N3. The molecule has 0 unspecified atom stereocenters. The van der Waals surface area contributed by atoms with Crippen LogP contribution in [0.2, 0.25) is 0 Å². The summed E-state index contributed by atoms with van der Waals surface area (Å²) in [6, 6.07) is 0. The molecule has 1 aliphatic rings. The van der Waals surface area contributed by atoms with E-state index in [1.165, 1.54) is 5.70 Å². The Kier molecular flexibility index (Phi) is 2.33. The van der Waals surface area contributed by atoms with Gasteiger partial charge in [-0.1, -0.05) is 13.8 Å². The van der Waals surface area contributed by atoms with E-state index in [9.17, 15) is 0 Å². The van der Waals surface area contributed by atoms with Crippen LogP contribution in [0.4, 0.5) is 0 Å². The van der Waals surface area contributed by atoms with Crippen molar-refractivity contribution in [2.75, 3.05) is 0 Å². The van der Waals surface area contributed by atoms with E-state index in [4.69, 9.17) is 0 Å². The molecule has 0 atom stereocenters. The third-order valence-electron chi connectivity index (χ3n) is 1.93. The second kappa shape index (κ2) is 2.98. The smallest absolute Gasteiger partial charge is 0.0491 e. The minimum absolute atomic E-state index is 0.129. The largest absolute Gasteiger partial charge is 0.306 e. The summed E-state index contributed by atoms with van der Waals surface area (Å²) in [7, 11) is 0. The second-order valence-electron chi connectivity index (χ2n) is 4.52. The number of nitrogens with one attached hydrogen (secondary N) is 2. The van der Waals surface area contributed by atoms with Gasteiger partial charge in [0.2, 0.25) is 0 Å². The third kappa shape index (κ3) is 1.91. The summed E-state index contributed by atoms with van der Waals surface area (Å²) in [4.78, 5) is 0. The lowest BCUT2D eigenvalue weighted by atomic mass is 10.1. The van der Waals surface area contributed by atoms with Gasteiger partial charge in [0.15, 0.2) is 0 Å². The summed E-state index contributed by atoms with van der Waals surface area (Å²) in [5, 5.41) is 2.09. The summed E-state index contributed by atoms with van der Waals surface area (Å²) in [6.45, 7) is 10.9.